The van der Waals surface area contributed by atoms with E-state index < -0.39 is 54.0 Å². The molecule has 0 aromatic heterocycles. The highest BCUT2D eigenvalue weighted by molar-refractivity contribution is 5.95. The predicted molar refractivity (Wildman–Crippen MR) is 183 cm³/mol. The summed E-state index contributed by atoms with van der Waals surface area (Å²) in [5.74, 6) is -1.92. The third-order valence-electron chi connectivity index (χ3n) is 9.80. The molecule has 3 rings (SSSR count). The average molecular weight is 672 g/mol. The lowest BCUT2D eigenvalue weighted by Gasteiger charge is -2.32. The van der Waals surface area contributed by atoms with E-state index in [4.69, 9.17) is 4.74 Å². The minimum Gasteiger partial charge on any atom is -0.467 e. The minimum absolute atomic E-state index is 0.0932. The smallest absolute Gasteiger partial charge is 0.408 e. The molecule has 2 fully saturated rings. The number of likely N-dealkylation sites (tertiary alicyclic amines) is 1. The Balaban J connectivity index is 1.83. The summed E-state index contributed by atoms with van der Waals surface area (Å²) in [4.78, 5) is 69.9. The van der Waals surface area contributed by atoms with Crippen molar-refractivity contribution in [2.24, 2.45) is 11.8 Å². The van der Waals surface area contributed by atoms with Gasteiger partial charge >= 0.3 is 12.1 Å². The van der Waals surface area contributed by atoms with Crippen molar-refractivity contribution in [2.45, 2.75) is 128 Å². The molecule has 1 saturated heterocycles. The van der Waals surface area contributed by atoms with Crippen molar-refractivity contribution in [3.63, 3.8) is 0 Å². The van der Waals surface area contributed by atoms with Crippen LogP contribution in [-0.4, -0.2) is 102 Å². The van der Waals surface area contributed by atoms with E-state index in [9.17, 15) is 29.1 Å². The molecule has 1 aliphatic carbocycles. The van der Waals surface area contributed by atoms with Crippen LogP contribution in [0.5, 0.6) is 0 Å². The topological polar surface area (TPSA) is 157 Å². The summed E-state index contributed by atoms with van der Waals surface area (Å²) in [6.07, 6.45) is 5.10. The molecule has 4 N–H and O–H groups in total. The number of carbonyl (C=O) groups excluding carboxylic acids is 4. The molecule has 1 heterocycles. The number of nitrogens with one attached hydrogen (secondary N) is 3. The minimum atomic E-state index is -1.12. The van der Waals surface area contributed by atoms with E-state index in [0.717, 1.165) is 44.2 Å². The first kappa shape index (κ1) is 38.8. The first-order valence-electron chi connectivity index (χ1n) is 17.6. The molecule has 0 spiro atoms. The molecule has 1 aliphatic heterocycles. The van der Waals surface area contributed by atoms with Gasteiger partial charge in [0.25, 0.3) is 0 Å². The van der Waals surface area contributed by atoms with Gasteiger partial charge in [0.1, 0.15) is 24.2 Å². The van der Waals surface area contributed by atoms with E-state index in [1.807, 2.05) is 51.2 Å². The largest absolute Gasteiger partial charge is 0.467 e. The van der Waals surface area contributed by atoms with Crippen molar-refractivity contribution in [2.75, 3.05) is 20.7 Å². The second kappa shape index (κ2) is 18.8. The van der Waals surface area contributed by atoms with Crippen molar-refractivity contribution in [1.82, 2.24) is 25.8 Å². The molecule has 1 saturated carbocycles. The fraction of sp³-hybridized carbons (Fsp3) is 0.694. The molecule has 6 atom stereocenters. The van der Waals surface area contributed by atoms with E-state index in [0.29, 0.717) is 31.7 Å². The van der Waals surface area contributed by atoms with Crippen LogP contribution < -0.4 is 16.0 Å². The SMILES string of the molecule is COC(=O)C(CC(C)C)NC(=O)C(Cc1ccccc1)NC(=O)C(CCCCN(C)C(C)C)NC(=O)[C@@H]1CC2CCCCC2N1C(=O)O. The van der Waals surface area contributed by atoms with Crippen LogP contribution in [0.4, 0.5) is 4.79 Å². The van der Waals surface area contributed by atoms with Crippen molar-refractivity contribution in [3.05, 3.63) is 35.9 Å². The normalized spacial score (nSPS) is 20.9. The van der Waals surface area contributed by atoms with Crippen molar-refractivity contribution in [1.29, 1.82) is 0 Å². The van der Waals surface area contributed by atoms with E-state index >= 15 is 0 Å². The molecule has 0 bridgehead atoms. The number of esters is 1. The van der Waals surface area contributed by atoms with Gasteiger partial charge in [-0.2, -0.15) is 0 Å². The molecule has 48 heavy (non-hydrogen) atoms. The van der Waals surface area contributed by atoms with Crippen LogP contribution in [-0.2, 0) is 30.3 Å². The van der Waals surface area contributed by atoms with Crippen LogP contribution in [0, 0.1) is 11.8 Å². The molecular weight excluding hydrogens is 614 g/mol. The van der Waals surface area contributed by atoms with Crippen LogP contribution in [0.25, 0.3) is 0 Å². The lowest BCUT2D eigenvalue weighted by atomic mass is 9.85. The molecule has 0 radical (unpaired) electrons. The lowest BCUT2D eigenvalue weighted by Crippen LogP contribution is -2.58. The number of unbranched alkanes of at least 4 members (excludes halogenated alkanes) is 1. The van der Waals surface area contributed by atoms with Crippen LogP contribution >= 0.6 is 0 Å². The quantitative estimate of drug-likeness (QED) is 0.144. The number of ether oxygens (including phenoxy) is 1. The van der Waals surface area contributed by atoms with Crippen molar-refractivity contribution < 1.29 is 33.8 Å². The number of carbonyl (C=O) groups is 5. The number of rotatable bonds is 17. The second-order valence-electron chi connectivity index (χ2n) is 14.1. The summed E-state index contributed by atoms with van der Waals surface area (Å²) >= 11 is 0. The van der Waals surface area contributed by atoms with E-state index in [2.05, 4.69) is 34.7 Å². The van der Waals surface area contributed by atoms with E-state index in [1.165, 1.54) is 12.0 Å². The summed E-state index contributed by atoms with van der Waals surface area (Å²) in [5, 5.41) is 18.6. The third-order valence-corrected chi connectivity index (χ3v) is 9.80. The lowest BCUT2D eigenvalue weighted by molar-refractivity contribution is -0.146. The summed E-state index contributed by atoms with van der Waals surface area (Å²) in [7, 11) is 3.30. The highest BCUT2D eigenvalue weighted by Crippen LogP contribution is 2.39. The van der Waals surface area contributed by atoms with Gasteiger partial charge in [0.15, 0.2) is 0 Å². The third kappa shape index (κ3) is 11.2. The second-order valence-corrected chi connectivity index (χ2v) is 14.1. The first-order chi connectivity index (χ1) is 22.8. The van der Waals surface area contributed by atoms with Crippen LogP contribution in [0.15, 0.2) is 30.3 Å². The fourth-order valence-electron chi connectivity index (χ4n) is 6.91. The highest BCUT2D eigenvalue weighted by Gasteiger charge is 2.48. The fourth-order valence-corrected chi connectivity index (χ4v) is 6.91. The van der Waals surface area contributed by atoms with Gasteiger partial charge in [0, 0.05) is 18.5 Å². The van der Waals surface area contributed by atoms with Gasteiger partial charge < -0.3 is 30.7 Å². The molecule has 268 valence electrons. The van der Waals surface area contributed by atoms with Gasteiger partial charge in [-0.25, -0.2) is 9.59 Å². The number of carboxylic acid groups (broad SMARTS) is 1. The number of methoxy groups -OCH3 is 1. The maximum atomic E-state index is 14.0. The summed E-state index contributed by atoms with van der Waals surface area (Å²) in [6, 6.07) is 5.60. The average Bonchev–Trinajstić information content (AvgIpc) is 3.45. The van der Waals surface area contributed by atoms with Gasteiger partial charge in [-0.05, 0) is 89.8 Å². The van der Waals surface area contributed by atoms with E-state index in [-0.39, 0.29) is 24.3 Å². The van der Waals surface area contributed by atoms with Gasteiger partial charge in [-0.1, -0.05) is 57.0 Å². The number of nitrogens with zero attached hydrogens (tertiary/aromatic N) is 2. The molecule has 4 amide bonds. The number of hydrogen-bond acceptors (Lipinski definition) is 7. The van der Waals surface area contributed by atoms with Gasteiger partial charge in [0.2, 0.25) is 17.7 Å². The van der Waals surface area contributed by atoms with Crippen LogP contribution in [0.3, 0.4) is 0 Å². The molecule has 1 aromatic rings. The molecule has 1 aromatic carbocycles. The highest BCUT2D eigenvalue weighted by atomic mass is 16.5. The Hall–Kier alpha value is -3.67. The Kier molecular flexibility index (Phi) is 15.2. The monoisotopic (exact) mass is 671 g/mol. The Bertz CT molecular complexity index is 1230. The zero-order chi connectivity index (χ0) is 35.4. The molecule has 5 unspecified atom stereocenters. The Morgan fingerprint density at radius 2 is 1.56 bits per heavy atom. The molecule has 12 nitrogen and oxygen atoms in total. The molecule has 12 heteroatoms. The zero-order valence-corrected chi connectivity index (χ0v) is 29.6. The van der Waals surface area contributed by atoms with Crippen molar-refractivity contribution in [3.8, 4) is 0 Å². The summed E-state index contributed by atoms with van der Waals surface area (Å²) in [5.41, 5.74) is 0.805. The molecular formula is C36H57N5O7. The van der Waals surface area contributed by atoms with Crippen LogP contribution in [0.1, 0.15) is 91.0 Å². The van der Waals surface area contributed by atoms with Gasteiger partial charge in [-0.3, -0.25) is 19.3 Å². The van der Waals surface area contributed by atoms with Crippen LogP contribution in [0.2, 0.25) is 0 Å². The standard InChI is InChI=1S/C36H57N5O7/c1-23(2)20-29(35(45)48-6)39-33(43)28(21-25-14-8-7-9-15-25)38-32(42)27(17-12-13-19-40(5)24(3)4)37-34(44)31-22-26-16-10-11-18-30(26)41(31)36(46)47/h7-9,14-15,23-24,26-31H,10-13,16-22H2,1-6H3,(H,37,44)(H,38,42)(H,39,43)(H,46,47)/t26?,27?,28?,29?,30?,31-/m0/s1. The molecule has 2 aliphatic rings. The Labute approximate surface area is 285 Å². The summed E-state index contributed by atoms with van der Waals surface area (Å²) in [6.45, 7) is 8.88. The summed E-state index contributed by atoms with van der Waals surface area (Å²) < 4.78 is 4.93. The first-order valence-corrected chi connectivity index (χ1v) is 17.6. The Morgan fingerprint density at radius 1 is 0.917 bits per heavy atom. The number of amides is 4. The van der Waals surface area contributed by atoms with Gasteiger partial charge in [0.05, 0.1) is 7.11 Å². The maximum absolute atomic E-state index is 14.0. The number of hydrogen-bond donors (Lipinski definition) is 4. The van der Waals surface area contributed by atoms with Crippen molar-refractivity contribution >= 4 is 29.8 Å². The maximum Gasteiger partial charge on any atom is 0.408 e. The van der Waals surface area contributed by atoms with Gasteiger partial charge in [-0.15, -0.1) is 0 Å². The number of fused-ring (bicyclic) bond motifs is 1. The zero-order valence-electron chi connectivity index (χ0n) is 29.6. The predicted octanol–water partition coefficient (Wildman–Crippen LogP) is 3.72. The van der Waals surface area contributed by atoms with E-state index in [1.54, 1.807) is 0 Å². The number of benzene rings is 1. The Morgan fingerprint density at radius 3 is 2.19 bits per heavy atom.